The number of carbonyl (C=O) groups is 1. The lowest BCUT2D eigenvalue weighted by Crippen LogP contribution is -2.39. The first kappa shape index (κ1) is 20.0. The van der Waals surface area contributed by atoms with E-state index >= 15 is 0 Å². The zero-order chi connectivity index (χ0) is 20.5. The lowest BCUT2D eigenvalue weighted by Gasteiger charge is -2.34. The lowest BCUT2D eigenvalue weighted by molar-refractivity contribution is -0.147. The van der Waals surface area contributed by atoms with E-state index in [-0.39, 0.29) is 17.7 Å². The molecule has 0 N–H and O–H groups in total. The van der Waals surface area contributed by atoms with Crippen LogP contribution < -0.4 is 10.4 Å². The lowest BCUT2D eigenvalue weighted by atomic mass is 9.97. The number of rotatable bonds is 5. The Balaban J connectivity index is 1.71. The third kappa shape index (κ3) is 4.17. The highest BCUT2D eigenvalue weighted by atomic mass is 16.5. The van der Waals surface area contributed by atoms with E-state index in [4.69, 9.17) is 13.9 Å². The summed E-state index contributed by atoms with van der Waals surface area (Å²) in [5, 5.41) is 0.910. The van der Waals surface area contributed by atoms with Crippen molar-refractivity contribution >= 4 is 16.9 Å². The average Bonchev–Trinajstić information content (AvgIpc) is 3.20. The van der Waals surface area contributed by atoms with Gasteiger partial charge in [-0.05, 0) is 57.2 Å². The minimum Gasteiger partial charge on any atom is -0.477 e. The number of hydrogen-bond donors (Lipinski definition) is 0. The van der Waals surface area contributed by atoms with Crippen LogP contribution in [-0.2, 0) is 22.5 Å². The maximum absolute atomic E-state index is 12.1. The molecule has 2 heterocycles. The summed E-state index contributed by atoms with van der Waals surface area (Å²) in [5.41, 5.74) is 3.04. The molecule has 6 heteroatoms. The van der Waals surface area contributed by atoms with Crippen molar-refractivity contribution in [2.45, 2.75) is 78.0 Å². The minimum atomic E-state index is -0.344. The van der Waals surface area contributed by atoms with Gasteiger partial charge in [0.1, 0.15) is 18.1 Å². The van der Waals surface area contributed by atoms with Crippen LogP contribution in [0.15, 0.2) is 21.3 Å². The Morgan fingerprint density at radius 2 is 2.03 bits per heavy atom. The molecule has 156 valence electrons. The third-order valence-corrected chi connectivity index (χ3v) is 5.91. The highest BCUT2D eigenvalue weighted by molar-refractivity contribution is 5.86. The maximum atomic E-state index is 12.1. The molecule has 0 spiro atoms. The Labute approximate surface area is 170 Å². The molecule has 1 fully saturated rings. The molecular formula is C23H29NO5. The molecule has 0 saturated heterocycles. The van der Waals surface area contributed by atoms with Crippen molar-refractivity contribution in [2.24, 2.45) is 0 Å². The van der Waals surface area contributed by atoms with Gasteiger partial charge >= 0.3 is 11.6 Å². The molecule has 1 aliphatic heterocycles. The average molecular weight is 399 g/mol. The van der Waals surface area contributed by atoms with Crippen LogP contribution in [0.2, 0.25) is 0 Å². The molecule has 0 atom stereocenters. The monoisotopic (exact) mass is 399 g/mol. The van der Waals surface area contributed by atoms with Crippen molar-refractivity contribution in [3.63, 3.8) is 0 Å². The summed E-state index contributed by atoms with van der Waals surface area (Å²) in [7, 11) is 0. The summed E-state index contributed by atoms with van der Waals surface area (Å²) in [6.45, 7) is 6.85. The maximum Gasteiger partial charge on any atom is 0.336 e. The number of carbonyl (C=O) groups excluding carboxylic acids is 1. The summed E-state index contributed by atoms with van der Waals surface area (Å²) >= 11 is 0. The van der Waals surface area contributed by atoms with E-state index in [1.807, 2.05) is 26.8 Å². The van der Waals surface area contributed by atoms with Crippen LogP contribution in [0, 0.1) is 6.92 Å². The van der Waals surface area contributed by atoms with Gasteiger partial charge in [-0.3, -0.25) is 9.69 Å². The molecule has 1 aliphatic carbocycles. The molecule has 1 saturated carbocycles. The molecule has 4 rings (SSSR count). The van der Waals surface area contributed by atoms with E-state index in [1.165, 1.54) is 31.7 Å². The highest BCUT2D eigenvalue weighted by Crippen LogP contribution is 2.39. The van der Waals surface area contributed by atoms with Crippen molar-refractivity contribution in [1.82, 2.24) is 4.90 Å². The van der Waals surface area contributed by atoms with Gasteiger partial charge in [-0.25, -0.2) is 4.79 Å². The quantitative estimate of drug-likeness (QED) is 0.557. The van der Waals surface area contributed by atoms with Crippen molar-refractivity contribution in [3.05, 3.63) is 39.2 Å². The van der Waals surface area contributed by atoms with Crippen molar-refractivity contribution in [3.8, 4) is 5.75 Å². The zero-order valence-corrected chi connectivity index (χ0v) is 17.5. The van der Waals surface area contributed by atoms with E-state index in [0.29, 0.717) is 37.7 Å². The first-order valence-corrected chi connectivity index (χ1v) is 10.6. The summed E-state index contributed by atoms with van der Waals surface area (Å²) in [6.07, 6.45) is 5.57. The van der Waals surface area contributed by atoms with E-state index in [0.717, 1.165) is 27.8 Å². The number of esters is 1. The molecule has 1 aromatic heterocycles. The van der Waals surface area contributed by atoms with Crippen LogP contribution in [0.25, 0.3) is 11.0 Å². The van der Waals surface area contributed by atoms with Crippen LogP contribution >= 0.6 is 0 Å². The van der Waals surface area contributed by atoms with E-state index < -0.39 is 0 Å². The van der Waals surface area contributed by atoms with Gasteiger partial charge in [0.05, 0.1) is 11.7 Å². The van der Waals surface area contributed by atoms with Crippen LogP contribution in [0.4, 0.5) is 0 Å². The molecule has 2 aliphatic rings. The van der Waals surface area contributed by atoms with Gasteiger partial charge in [0.15, 0.2) is 0 Å². The first-order chi connectivity index (χ1) is 13.9. The standard InChI is InChI=1S/C23H29NO5/c1-14(2)28-20(25)9-8-16-11-18-15(3)10-21(26)29-23(18)19-12-24(13-27-22(16)19)17-6-4-5-7-17/h10-11,14,17H,4-9,12-13H2,1-3H3. The predicted molar refractivity (Wildman–Crippen MR) is 110 cm³/mol. The van der Waals surface area contributed by atoms with E-state index in [2.05, 4.69) is 4.90 Å². The Morgan fingerprint density at radius 3 is 2.76 bits per heavy atom. The summed E-state index contributed by atoms with van der Waals surface area (Å²) in [6, 6.07) is 4.03. The fourth-order valence-electron chi connectivity index (χ4n) is 4.53. The molecule has 29 heavy (non-hydrogen) atoms. The molecule has 0 radical (unpaired) electrons. The van der Waals surface area contributed by atoms with Gasteiger partial charge in [-0.2, -0.15) is 0 Å². The van der Waals surface area contributed by atoms with E-state index in [9.17, 15) is 9.59 Å². The zero-order valence-electron chi connectivity index (χ0n) is 17.5. The smallest absolute Gasteiger partial charge is 0.336 e. The van der Waals surface area contributed by atoms with Crippen LogP contribution in [0.3, 0.4) is 0 Å². The molecular weight excluding hydrogens is 370 g/mol. The largest absolute Gasteiger partial charge is 0.477 e. The fraction of sp³-hybridized carbons (Fsp3) is 0.565. The Hall–Kier alpha value is -2.34. The number of benzene rings is 1. The van der Waals surface area contributed by atoms with Crippen LogP contribution in [0.5, 0.6) is 5.75 Å². The number of aryl methyl sites for hydroxylation is 2. The second-order valence-corrected chi connectivity index (χ2v) is 8.47. The number of hydrogen-bond acceptors (Lipinski definition) is 6. The molecule has 6 nitrogen and oxygen atoms in total. The fourth-order valence-corrected chi connectivity index (χ4v) is 4.53. The van der Waals surface area contributed by atoms with Gasteiger partial charge in [0.2, 0.25) is 0 Å². The second kappa shape index (κ2) is 8.19. The first-order valence-electron chi connectivity index (χ1n) is 10.6. The highest BCUT2D eigenvalue weighted by Gasteiger charge is 2.30. The van der Waals surface area contributed by atoms with Crippen molar-refractivity contribution in [2.75, 3.05) is 6.73 Å². The Bertz CT molecular complexity index is 971. The molecule has 0 amide bonds. The topological polar surface area (TPSA) is 69.0 Å². The van der Waals surface area contributed by atoms with Gasteiger partial charge in [-0.15, -0.1) is 0 Å². The normalized spacial score (nSPS) is 17.5. The number of nitrogens with zero attached hydrogens (tertiary/aromatic N) is 1. The summed E-state index contributed by atoms with van der Waals surface area (Å²) in [4.78, 5) is 26.5. The van der Waals surface area contributed by atoms with Gasteiger partial charge in [-0.1, -0.05) is 12.8 Å². The molecule has 0 bridgehead atoms. The van der Waals surface area contributed by atoms with Gasteiger partial charge in [0, 0.05) is 30.5 Å². The summed E-state index contributed by atoms with van der Waals surface area (Å²) in [5.74, 6) is 0.548. The SMILES string of the molecule is Cc1cc(=O)oc2c3c(c(CCC(=O)OC(C)C)cc12)OCN(C1CCCC1)C3. The van der Waals surface area contributed by atoms with Gasteiger partial charge < -0.3 is 13.9 Å². The van der Waals surface area contributed by atoms with Crippen molar-refractivity contribution < 1.29 is 18.7 Å². The van der Waals surface area contributed by atoms with Gasteiger partial charge in [0.25, 0.3) is 0 Å². The molecule has 1 aromatic carbocycles. The molecule has 2 aromatic rings. The minimum absolute atomic E-state index is 0.124. The Morgan fingerprint density at radius 1 is 1.28 bits per heavy atom. The van der Waals surface area contributed by atoms with Crippen molar-refractivity contribution in [1.29, 1.82) is 0 Å². The number of ether oxygens (including phenoxy) is 2. The second-order valence-electron chi connectivity index (χ2n) is 8.47. The third-order valence-electron chi connectivity index (χ3n) is 5.91. The Kier molecular flexibility index (Phi) is 5.63. The summed E-state index contributed by atoms with van der Waals surface area (Å²) < 4.78 is 17.1. The molecule has 0 unspecified atom stereocenters. The predicted octanol–water partition coefficient (Wildman–Crippen LogP) is 4.08. The van der Waals surface area contributed by atoms with Crippen LogP contribution in [0.1, 0.15) is 62.6 Å². The van der Waals surface area contributed by atoms with Crippen LogP contribution in [-0.4, -0.2) is 29.7 Å². The number of fused-ring (bicyclic) bond motifs is 3. The van der Waals surface area contributed by atoms with E-state index in [1.54, 1.807) is 0 Å².